The summed E-state index contributed by atoms with van der Waals surface area (Å²) in [6.07, 6.45) is 0.459. The largest absolute Gasteiger partial charge is 0.463 e. The predicted molar refractivity (Wildman–Crippen MR) is 82.6 cm³/mol. The number of rotatable bonds is 7. The number of carbonyl (C=O) groups excluding carboxylic acids is 4. The van der Waals surface area contributed by atoms with E-state index in [0.717, 1.165) is 19.1 Å². The summed E-state index contributed by atoms with van der Waals surface area (Å²) in [5, 5.41) is 0. The summed E-state index contributed by atoms with van der Waals surface area (Å²) in [5.74, 6) is -3.43. The number of ether oxygens (including phenoxy) is 3. The molecule has 0 spiro atoms. The molecule has 7 nitrogen and oxygen atoms in total. The van der Waals surface area contributed by atoms with Crippen LogP contribution in [0, 0.1) is 0 Å². The Balaban J connectivity index is 2.77. The average molecular weight is 334 g/mol. The van der Waals surface area contributed by atoms with Crippen LogP contribution in [0.3, 0.4) is 0 Å². The van der Waals surface area contributed by atoms with Crippen molar-refractivity contribution in [3.8, 4) is 0 Å². The molecule has 0 aliphatic rings. The van der Waals surface area contributed by atoms with Gasteiger partial charge in [0.2, 0.25) is 6.10 Å². The van der Waals surface area contributed by atoms with E-state index in [0.29, 0.717) is 5.56 Å². The zero-order valence-electron chi connectivity index (χ0n) is 13.4. The third-order valence-electron chi connectivity index (χ3n) is 2.67. The molecule has 7 heteroatoms. The monoisotopic (exact) mass is 334 g/mol. The molecule has 0 aliphatic carbocycles. The minimum atomic E-state index is -1.31. The molecule has 0 aromatic heterocycles. The van der Waals surface area contributed by atoms with Crippen LogP contribution in [0.4, 0.5) is 0 Å². The highest BCUT2D eigenvalue weighted by Crippen LogP contribution is 2.09. The van der Waals surface area contributed by atoms with Crippen LogP contribution in [0.1, 0.15) is 19.4 Å². The highest BCUT2D eigenvalue weighted by Gasteiger charge is 2.25. The van der Waals surface area contributed by atoms with Crippen LogP contribution in [0.25, 0.3) is 0 Å². The van der Waals surface area contributed by atoms with Gasteiger partial charge in [0.05, 0.1) is 6.61 Å². The molecule has 1 unspecified atom stereocenters. The van der Waals surface area contributed by atoms with Gasteiger partial charge in [0, 0.05) is 25.5 Å². The molecule has 0 bridgehead atoms. The van der Waals surface area contributed by atoms with Gasteiger partial charge < -0.3 is 14.2 Å². The Kier molecular flexibility index (Phi) is 7.90. The fraction of sp³-hybridized carbons (Fsp3) is 0.294. The first kappa shape index (κ1) is 19.1. The van der Waals surface area contributed by atoms with Gasteiger partial charge in [0.25, 0.3) is 0 Å². The van der Waals surface area contributed by atoms with E-state index in [1.54, 1.807) is 37.3 Å². The lowest BCUT2D eigenvalue weighted by atomic mass is 10.1. The van der Waals surface area contributed by atoms with Gasteiger partial charge in [-0.25, -0.2) is 14.4 Å². The Morgan fingerprint density at radius 3 is 2.25 bits per heavy atom. The molecule has 0 fully saturated rings. The van der Waals surface area contributed by atoms with Crippen molar-refractivity contribution in [1.82, 2.24) is 0 Å². The molecule has 0 heterocycles. The van der Waals surface area contributed by atoms with Crippen LogP contribution in [0.15, 0.2) is 42.5 Å². The van der Waals surface area contributed by atoms with E-state index in [4.69, 9.17) is 4.74 Å². The molecule has 128 valence electrons. The molecule has 0 amide bonds. The molecule has 0 N–H and O–H groups in total. The van der Waals surface area contributed by atoms with Crippen molar-refractivity contribution in [3.63, 3.8) is 0 Å². The zero-order chi connectivity index (χ0) is 17.9. The Morgan fingerprint density at radius 2 is 1.67 bits per heavy atom. The Hall–Kier alpha value is -2.96. The first-order chi connectivity index (χ1) is 11.4. The van der Waals surface area contributed by atoms with Crippen molar-refractivity contribution < 1.29 is 33.4 Å². The molecular formula is C17H18O7. The molecule has 0 saturated carbocycles. The summed E-state index contributed by atoms with van der Waals surface area (Å²) < 4.78 is 14.1. The lowest BCUT2D eigenvalue weighted by Gasteiger charge is -2.15. The Labute approximate surface area is 139 Å². The van der Waals surface area contributed by atoms with Gasteiger partial charge in [-0.3, -0.25) is 4.79 Å². The molecule has 1 atom stereocenters. The topological polar surface area (TPSA) is 96.0 Å². The van der Waals surface area contributed by atoms with E-state index in [1.807, 2.05) is 0 Å². The second kappa shape index (κ2) is 9.94. The van der Waals surface area contributed by atoms with Crippen LogP contribution in [-0.2, 0) is 39.8 Å². The van der Waals surface area contributed by atoms with E-state index in [9.17, 15) is 19.2 Å². The number of esters is 4. The maximum Gasteiger partial charge on any atom is 0.355 e. The van der Waals surface area contributed by atoms with Gasteiger partial charge in [0.1, 0.15) is 0 Å². The zero-order valence-corrected chi connectivity index (χ0v) is 13.4. The number of benzene rings is 1. The second-order valence-corrected chi connectivity index (χ2v) is 4.61. The lowest BCUT2D eigenvalue weighted by molar-refractivity contribution is -0.171. The smallest absolute Gasteiger partial charge is 0.355 e. The van der Waals surface area contributed by atoms with Gasteiger partial charge in [-0.15, -0.1) is 0 Å². The second-order valence-electron chi connectivity index (χ2n) is 4.61. The normalized spacial score (nSPS) is 11.6. The van der Waals surface area contributed by atoms with Crippen LogP contribution in [0.2, 0.25) is 0 Å². The maximum atomic E-state index is 11.9. The standard InChI is InChI=1S/C17H18O7/c1-3-22-15(19)9-10-16(20)24-14(17(21)23-12(2)18)11-13-7-5-4-6-8-13/h4-10,14H,3,11H2,1-2H3/b10-9+. The maximum absolute atomic E-state index is 11.9. The van der Waals surface area contributed by atoms with Crippen LogP contribution in [0.5, 0.6) is 0 Å². The highest BCUT2D eigenvalue weighted by atomic mass is 16.6. The third kappa shape index (κ3) is 7.35. The fourth-order valence-electron chi connectivity index (χ4n) is 1.71. The van der Waals surface area contributed by atoms with Gasteiger partial charge in [-0.1, -0.05) is 30.3 Å². The van der Waals surface area contributed by atoms with E-state index in [2.05, 4.69) is 9.47 Å². The Bertz CT molecular complexity index is 619. The quantitative estimate of drug-likeness (QED) is 0.321. The van der Waals surface area contributed by atoms with Crippen LogP contribution in [-0.4, -0.2) is 36.6 Å². The summed E-state index contributed by atoms with van der Waals surface area (Å²) >= 11 is 0. The molecular weight excluding hydrogens is 316 g/mol. The number of carbonyl (C=O) groups is 4. The van der Waals surface area contributed by atoms with E-state index < -0.39 is 30.0 Å². The van der Waals surface area contributed by atoms with Gasteiger partial charge in [-0.05, 0) is 12.5 Å². The van der Waals surface area contributed by atoms with Gasteiger partial charge in [0.15, 0.2) is 0 Å². The van der Waals surface area contributed by atoms with Gasteiger partial charge in [-0.2, -0.15) is 0 Å². The first-order valence-corrected chi connectivity index (χ1v) is 7.24. The summed E-state index contributed by atoms with van der Waals surface area (Å²) in [4.78, 5) is 45.7. The molecule has 0 radical (unpaired) electrons. The van der Waals surface area contributed by atoms with E-state index >= 15 is 0 Å². The fourth-order valence-corrected chi connectivity index (χ4v) is 1.71. The Morgan fingerprint density at radius 1 is 1.04 bits per heavy atom. The molecule has 1 aromatic carbocycles. The third-order valence-corrected chi connectivity index (χ3v) is 2.67. The number of hydrogen-bond donors (Lipinski definition) is 0. The lowest BCUT2D eigenvalue weighted by Crippen LogP contribution is -2.32. The molecule has 0 saturated heterocycles. The van der Waals surface area contributed by atoms with E-state index in [-0.39, 0.29) is 13.0 Å². The summed E-state index contributed by atoms with van der Waals surface area (Å²) in [6.45, 7) is 2.86. The van der Waals surface area contributed by atoms with Crippen LogP contribution < -0.4 is 0 Å². The highest BCUT2D eigenvalue weighted by molar-refractivity contribution is 5.93. The first-order valence-electron chi connectivity index (χ1n) is 7.24. The van der Waals surface area contributed by atoms with Crippen LogP contribution >= 0.6 is 0 Å². The van der Waals surface area contributed by atoms with E-state index in [1.165, 1.54) is 0 Å². The van der Waals surface area contributed by atoms with Crippen molar-refractivity contribution in [2.45, 2.75) is 26.4 Å². The molecule has 0 aliphatic heterocycles. The molecule has 1 aromatic rings. The van der Waals surface area contributed by atoms with Crippen molar-refractivity contribution in [2.75, 3.05) is 6.61 Å². The van der Waals surface area contributed by atoms with Crippen molar-refractivity contribution in [1.29, 1.82) is 0 Å². The summed E-state index contributed by atoms with van der Waals surface area (Å²) in [7, 11) is 0. The molecule has 24 heavy (non-hydrogen) atoms. The SMILES string of the molecule is CCOC(=O)/C=C/C(=O)OC(Cc1ccccc1)C(=O)OC(C)=O. The van der Waals surface area contributed by atoms with Gasteiger partial charge >= 0.3 is 23.9 Å². The van der Waals surface area contributed by atoms with Crippen molar-refractivity contribution in [2.24, 2.45) is 0 Å². The number of hydrogen-bond acceptors (Lipinski definition) is 7. The predicted octanol–water partition coefficient (Wildman–Crippen LogP) is 1.35. The summed E-state index contributed by atoms with van der Waals surface area (Å²) in [5.41, 5.74) is 0.713. The minimum Gasteiger partial charge on any atom is -0.463 e. The average Bonchev–Trinajstić information content (AvgIpc) is 2.53. The van der Waals surface area contributed by atoms with Crippen molar-refractivity contribution >= 4 is 23.9 Å². The summed E-state index contributed by atoms with van der Waals surface area (Å²) in [6, 6.07) is 8.77. The molecule has 1 rings (SSSR count). The van der Waals surface area contributed by atoms with Crippen molar-refractivity contribution in [3.05, 3.63) is 48.0 Å². The minimum absolute atomic E-state index is 0.0337.